The molecule has 2 heterocycles. The van der Waals surface area contributed by atoms with Gasteiger partial charge in [-0.25, -0.2) is 0 Å². The molecule has 2 atom stereocenters. The quantitative estimate of drug-likeness (QED) is 0.225. The fraction of sp³-hybridized carbons (Fsp3) is 0.0909. The zero-order valence-corrected chi connectivity index (χ0v) is 12.5. The van der Waals surface area contributed by atoms with Gasteiger partial charge in [0.2, 0.25) is 0 Å². The van der Waals surface area contributed by atoms with Crippen LogP contribution in [0.5, 0.6) is 0 Å². The Hall–Kier alpha value is -2.64. The van der Waals surface area contributed by atoms with Crippen molar-refractivity contribution in [2.75, 3.05) is 0 Å². The molecule has 0 spiro atoms. The molecule has 0 saturated heterocycles. The average Bonchev–Trinajstić information content (AvgIpc) is 3.20. The molecule has 0 fully saturated rings. The molecule has 0 radical (unpaired) electrons. The zero-order valence-electron chi connectivity index (χ0n) is 12.5. The molecule has 4 aromatic carbocycles. The van der Waals surface area contributed by atoms with Crippen LogP contribution >= 0.6 is 0 Å². The van der Waals surface area contributed by atoms with Crippen molar-refractivity contribution in [3.8, 4) is 0 Å². The van der Waals surface area contributed by atoms with Crippen LogP contribution in [-0.2, 0) is 4.74 Å². The van der Waals surface area contributed by atoms with E-state index >= 15 is 0 Å². The highest BCUT2D eigenvalue weighted by molar-refractivity contribution is 6.12. The Kier molecular flexibility index (Phi) is 2.07. The molecule has 1 nitrogen and oxygen atoms in total. The smallest absolute Gasteiger partial charge is 0.102 e. The molecule has 0 saturated carbocycles. The Morgan fingerprint density at radius 1 is 0.565 bits per heavy atom. The summed E-state index contributed by atoms with van der Waals surface area (Å²) in [6.07, 6.45) is 4.66. The molecule has 0 amide bonds. The molecule has 4 aromatic rings. The summed E-state index contributed by atoms with van der Waals surface area (Å²) in [5.41, 5.74) is 2.68. The Morgan fingerprint density at radius 2 is 1.17 bits per heavy atom. The molecule has 2 aliphatic rings. The molecular weight excluding hydrogens is 280 g/mol. The van der Waals surface area contributed by atoms with Gasteiger partial charge in [0.15, 0.2) is 0 Å². The third-order valence-electron chi connectivity index (χ3n) is 5.27. The van der Waals surface area contributed by atoms with E-state index in [1.807, 2.05) is 0 Å². The highest BCUT2D eigenvalue weighted by Gasteiger charge is 2.33. The number of benzene rings is 4. The van der Waals surface area contributed by atoms with Crippen molar-refractivity contribution < 1.29 is 4.74 Å². The number of hydrogen-bond acceptors (Lipinski definition) is 1. The molecular formula is C22H14O. The molecule has 6 rings (SSSR count). The molecule has 2 aliphatic heterocycles. The van der Waals surface area contributed by atoms with Crippen LogP contribution in [0, 0.1) is 0 Å². The summed E-state index contributed by atoms with van der Waals surface area (Å²) in [4.78, 5) is 0. The second-order valence-corrected chi connectivity index (χ2v) is 6.55. The SMILES string of the molecule is C1=CC2OC1c1cc3ccc4cc5ccccc5cc4c3cc12. The van der Waals surface area contributed by atoms with E-state index in [4.69, 9.17) is 4.74 Å². The van der Waals surface area contributed by atoms with Crippen LogP contribution < -0.4 is 0 Å². The minimum atomic E-state index is 0.148. The highest BCUT2D eigenvalue weighted by Crippen LogP contribution is 2.47. The topological polar surface area (TPSA) is 9.23 Å². The van der Waals surface area contributed by atoms with E-state index < -0.39 is 0 Å². The van der Waals surface area contributed by atoms with Gasteiger partial charge in [-0.2, -0.15) is 0 Å². The summed E-state index contributed by atoms with van der Waals surface area (Å²) in [5.74, 6) is 0. The van der Waals surface area contributed by atoms with E-state index in [1.165, 1.54) is 43.4 Å². The molecule has 2 unspecified atom stereocenters. The molecule has 0 aromatic heterocycles. The lowest BCUT2D eigenvalue weighted by molar-refractivity contribution is 0.0879. The van der Waals surface area contributed by atoms with Gasteiger partial charge in [0.05, 0.1) is 0 Å². The summed E-state index contributed by atoms with van der Waals surface area (Å²) >= 11 is 0. The van der Waals surface area contributed by atoms with Gasteiger partial charge in [-0.05, 0) is 67.7 Å². The lowest BCUT2D eigenvalue weighted by Crippen LogP contribution is -1.93. The maximum atomic E-state index is 5.99. The van der Waals surface area contributed by atoms with E-state index in [-0.39, 0.29) is 12.2 Å². The molecule has 0 N–H and O–H groups in total. The van der Waals surface area contributed by atoms with Crippen LogP contribution in [0.3, 0.4) is 0 Å². The van der Waals surface area contributed by atoms with Crippen LogP contribution in [0.4, 0.5) is 0 Å². The summed E-state index contributed by atoms with van der Waals surface area (Å²) < 4.78 is 5.99. The molecule has 2 bridgehead atoms. The van der Waals surface area contributed by atoms with Crippen molar-refractivity contribution in [3.05, 3.63) is 83.9 Å². The van der Waals surface area contributed by atoms with Crippen molar-refractivity contribution in [2.24, 2.45) is 0 Å². The van der Waals surface area contributed by atoms with Gasteiger partial charge in [0, 0.05) is 0 Å². The van der Waals surface area contributed by atoms with Gasteiger partial charge in [0.25, 0.3) is 0 Å². The van der Waals surface area contributed by atoms with Crippen LogP contribution in [0.15, 0.2) is 72.8 Å². The van der Waals surface area contributed by atoms with Crippen molar-refractivity contribution in [1.29, 1.82) is 0 Å². The highest BCUT2D eigenvalue weighted by atomic mass is 16.5. The van der Waals surface area contributed by atoms with Gasteiger partial charge < -0.3 is 4.74 Å². The van der Waals surface area contributed by atoms with Gasteiger partial charge >= 0.3 is 0 Å². The van der Waals surface area contributed by atoms with E-state index in [0.717, 1.165) is 0 Å². The fourth-order valence-electron chi connectivity index (χ4n) is 4.13. The Bertz CT molecular complexity index is 1150. The lowest BCUT2D eigenvalue weighted by Gasteiger charge is -2.12. The maximum absolute atomic E-state index is 5.99. The average molecular weight is 294 g/mol. The van der Waals surface area contributed by atoms with Gasteiger partial charge in [0.1, 0.15) is 12.2 Å². The summed E-state index contributed by atoms with van der Waals surface area (Å²) in [7, 11) is 0. The van der Waals surface area contributed by atoms with E-state index in [1.54, 1.807) is 0 Å². The van der Waals surface area contributed by atoms with Crippen molar-refractivity contribution in [1.82, 2.24) is 0 Å². The predicted molar refractivity (Wildman–Crippen MR) is 94.7 cm³/mol. The zero-order chi connectivity index (χ0) is 15.0. The van der Waals surface area contributed by atoms with Gasteiger partial charge in [-0.1, -0.05) is 48.6 Å². The Labute approximate surface area is 133 Å². The third-order valence-corrected chi connectivity index (χ3v) is 5.27. The van der Waals surface area contributed by atoms with Crippen LogP contribution in [0.2, 0.25) is 0 Å². The Morgan fingerprint density at radius 3 is 1.96 bits per heavy atom. The largest absolute Gasteiger partial charge is 0.357 e. The second-order valence-electron chi connectivity index (χ2n) is 6.55. The number of fused-ring (bicyclic) bond motifs is 9. The molecule has 108 valence electrons. The van der Waals surface area contributed by atoms with Crippen molar-refractivity contribution >= 4 is 32.3 Å². The monoisotopic (exact) mass is 294 g/mol. The van der Waals surface area contributed by atoms with Crippen LogP contribution in [0.25, 0.3) is 32.3 Å². The van der Waals surface area contributed by atoms with Crippen LogP contribution in [-0.4, -0.2) is 0 Å². The predicted octanol–water partition coefficient (Wildman–Crippen LogP) is 5.83. The summed E-state index contributed by atoms with van der Waals surface area (Å²) in [6.45, 7) is 0. The normalized spacial score (nSPS) is 21.6. The van der Waals surface area contributed by atoms with Crippen molar-refractivity contribution in [2.45, 2.75) is 12.2 Å². The number of ether oxygens (including phenoxy) is 1. The van der Waals surface area contributed by atoms with Crippen molar-refractivity contribution in [3.63, 3.8) is 0 Å². The first-order valence-electron chi connectivity index (χ1n) is 8.10. The lowest BCUT2D eigenvalue weighted by atomic mass is 9.90. The first kappa shape index (κ1) is 11.9. The standard InChI is InChI=1S/C22H14O/c1-2-4-14-10-17-15(9-13(14)3-1)5-6-16-11-19-20(12-18(16)17)22-8-7-21(19)23-22/h1-12,21-22H. The van der Waals surface area contributed by atoms with E-state index in [9.17, 15) is 0 Å². The van der Waals surface area contributed by atoms with Crippen LogP contribution in [0.1, 0.15) is 23.3 Å². The first-order chi connectivity index (χ1) is 11.4. The minimum Gasteiger partial charge on any atom is -0.357 e. The fourth-order valence-corrected chi connectivity index (χ4v) is 4.13. The maximum Gasteiger partial charge on any atom is 0.102 e. The summed E-state index contributed by atoms with van der Waals surface area (Å²) in [6, 6.07) is 22.3. The van der Waals surface area contributed by atoms with E-state index in [0.29, 0.717) is 0 Å². The molecule has 1 heteroatoms. The van der Waals surface area contributed by atoms with E-state index in [2.05, 4.69) is 72.8 Å². The number of hydrogen-bond donors (Lipinski definition) is 0. The molecule has 23 heavy (non-hydrogen) atoms. The second kappa shape index (κ2) is 4.01. The van der Waals surface area contributed by atoms with Gasteiger partial charge in [-0.3, -0.25) is 0 Å². The summed E-state index contributed by atoms with van der Waals surface area (Å²) in [5, 5.41) is 7.86. The Balaban J connectivity index is 1.76. The van der Waals surface area contributed by atoms with Gasteiger partial charge in [-0.15, -0.1) is 0 Å². The third kappa shape index (κ3) is 1.50. The number of rotatable bonds is 0. The molecule has 0 aliphatic carbocycles. The minimum absolute atomic E-state index is 0.148. The first-order valence-corrected chi connectivity index (χ1v) is 8.10.